The van der Waals surface area contributed by atoms with Gasteiger partial charge in [0.05, 0.1) is 30.1 Å². The summed E-state index contributed by atoms with van der Waals surface area (Å²) in [5, 5.41) is 13.2. The summed E-state index contributed by atoms with van der Waals surface area (Å²) in [4.78, 5) is 0. The molecule has 1 saturated carbocycles. The standard InChI is InChI=1S/C15H24N2O2/c1-2-19-13-8-6-7-12(14(13)16)17-15(11-18)9-4-3-5-10-15/h6-8,17-18H,2-5,9-11,16H2,1H3. The first kappa shape index (κ1) is 14.0. The maximum absolute atomic E-state index is 9.73. The Bertz CT molecular complexity index is 415. The zero-order valence-corrected chi connectivity index (χ0v) is 11.6. The first-order valence-corrected chi connectivity index (χ1v) is 7.11. The summed E-state index contributed by atoms with van der Waals surface area (Å²) in [6.07, 6.45) is 5.53. The van der Waals surface area contributed by atoms with Crippen LogP contribution in [0, 0.1) is 0 Å². The van der Waals surface area contributed by atoms with Crippen LogP contribution in [0.2, 0.25) is 0 Å². The molecular formula is C15H24N2O2. The van der Waals surface area contributed by atoms with Crippen molar-refractivity contribution in [1.82, 2.24) is 0 Å². The number of ether oxygens (including phenoxy) is 1. The molecule has 0 radical (unpaired) electrons. The maximum atomic E-state index is 9.73. The minimum Gasteiger partial charge on any atom is -0.492 e. The number of hydrogen-bond donors (Lipinski definition) is 3. The molecule has 0 spiro atoms. The molecule has 4 nitrogen and oxygen atoms in total. The van der Waals surface area contributed by atoms with Crippen LogP contribution in [0.25, 0.3) is 0 Å². The molecule has 0 saturated heterocycles. The smallest absolute Gasteiger partial charge is 0.144 e. The molecule has 19 heavy (non-hydrogen) atoms. The number of benzene rings is 1. The summed E-state index contributed by atoms with van der Waals surface area (Å²) in [5.41, 5.74) is 7.40. The minimum absolute atomic E-state index is 0.144. The first-order chi connectivity index (χ1) is 9.21. The molecule has 0 aromatic heterocycles. The zero-order chi connectivity index (χ0) is 13.7. The molecule has 4 heteroatoms. The molecule has 1 aromatic carbocycles. The van der Waals surface area contributed by atoms with Crippen LogP contribution in [0.5, 0.6) is 5.75 Å². The molecule has 1 aliphatic rings. The van der Waals surface area contributed by atoms with Gasteiger partial charge in [-0.1, -0.05) is 25.3 Å². The highest BCUT2D eigenvalue weighted by Crippen LogP contribution is 2.36. The normalized spacial score (nSPS) is 18.0. The van der Waals surface area contributed by atoms with Gasteiger partial charge in [-0.3, -0.25) is 0 Å². The molecule has 2 rings (SSSR count). The van der Waals surface area contributed by atoms with Gasteiger partial charge in [-0.15, -0.1) is 0 Å². The van der Waals surface area contributed by atoms with Crippen molar-refractivity contribution in [2.75, 3.05) is 24.3 Å². The van der Waals surface area contributed by atoms with Gasteiger partial charge in [0.1, 0.15) is 5.75 Å². The van der Waals surface area contributed by atoms with E-state index in [1.165, 1.54) is 6.42 Å². The average molecular weight is 264 g/mol. The van der Waals surface area contributed by atoms with Crippen molar-refractivity contribution in [3.63, 3.8) is 0 Å². The molecule has 1 aliphatic carbocycles. The quantitative estimate of drug-likeness (QED) is 0.715. The van der Waals surface area contributed by atoms with Gasteiger partial charge < -0.3 is 20.9 Å². The molecular weight excluding hydrogens is 240 g/mol. The molecule has 0 atom stereocenters. The molecule has 1 fully saturated rings. The molecule has 1 aromatic rings. The highest BCUT2D eigenvalue weighted by Gasteiger charge is 2.31. The van der Waals surface area contributed by atoms with Crippen molar-refractivity contribution in [3.8, 4) is 5.75 Å². The first-order valence-electron chi connectivity index (χ1n) is 7.11. The molecule has 0 bridgehead atoms. The number of aliphatic hydroxyl groups excluding tert-OH is 1. The van der Waals surface area contributed by atoms with E-state index >= 15 is 0 Å². The lowest BCUT2D eigenvalue weighted by Gasteiger charge is -2.37. The van der Waals surface area contributed by atoms with Crippen molar-refractivity contribution in [1.29, 1.82) is 0 Å². The van der Waals surface area contributed by atoms with Gasteiger partial charge in [0.15, 0.2) is 0 Å². The topological polar surface area (TPSA) is 67.5 Å². The van der Waals surface area contributed by atoms with Crippen molar-refractivity contribution >= 4 is 11.4 Å². The molecule has 106 valence electrons. The van der Waals surface area contributed by atoms with Crippen LogP contribution in [0.15, 0.2) is 18.2 Å². The lowest BCUT2D eigenvalue weighted by atomic mass is 9.82. The van der Waals surface area contributed by atoms with Gasteiger partial charge in [-0.05, 0) is 31.9 Å². The Hall–Kier alpha value is -1.42. The number of rotatable bonds is 5. The number of anilines is 2. The van der Waals surface area contributed by atoms with E-state index in [2.05, 4.69) is 5.32 Å². The van der Waals surface area contributed by atoms with Gasteiger partial charge in [0.2, 0.25) is 0 Å². The summed E-state index contributed by atoms with van der Waals surface area (Å²) in [5.74, 6) is 0.705. The zero-order valence-electron chi connectivity index (χ0n) is 11.6. The summed E-state index contributed by atoms with van der Waals surface area (Å²) in [6.45, 7) is 2.68. The summed E-state index contributed by atoms with van der Waals surface area (Å²) in [7, 11) is 0. The highest BCUT2D eigenvalue weighted by molar-refractivity contribution is 5.73. The van der Waals surface area contributed by atoms with E-state index in [1.807, 2.05) is 25.1 Å². The Morgan fingerprint density at radius 2 is 2.05 bits per heavy atom. The fourth-order valence-electron chi connectivity index (χ4n) is 2.77. The average Bonchev–Trinajstić information content (AvgIpc) is 2.45. The Morgan fingerprint density at radius 3 is 2.68 bits per heavy atom. The third-order valence-electron chi connectivity index (χ3n) is 3.88. The number of nitrogens with two attached hydrogens (primary N) is 1. The fraction of sp³-hybridized carbons (Fsp3) is 0.600. The lowest BCUT2D eigenvalue weighted by molar-refractivity contribution is 0.173. The number of para-hydroxylation sites is 1. The van der Waals surface area contributed by atoms with E-state index in [4.69, 9.17) is 10.5 Å². The summed E-state index contributed by atoms with van der Waals surface area (Å²) >= 11 is 0. The number of nitrogens with one attached hydrogen (secondary N) is 1. The SMILES string of the molecule is CCOc1cccc(NC2(CO)CCCCC2)c1N. The molecule has 0 amide bonds. The predicted molar refractivity (Wildman–Crippen MR) is 78.5 cm³/mol. The second-order valence-electron chi connectivity index (χ2n) is 5.27. The summed E-state index contributed by atoms with van der Waals surface area (Å²) < 4.78 is 5.51. The Kier molecular flexibility index (Phi) is 4.53. The van der Waals surface area contributed by atoms with Crippen molar-refractivity contribution in [2.24, 2.45) is 0 Å². The van der Waals surface area contributed by atoms with Crippen molar-refractivity contribution < 1.29 is 9.84 Å². The summed E-state index contributed by atoms with van der Waals surface area (Å²) in [6, 6.07) is 5.75. The van der Waals surface area contributed by atoms with E-state index in [0.717, 1.165) is 31.4 Å². The van der Waals surface area contributed by atoms with E-state index in [-0.39, 0.29) is 12.1 Å². The Labute approximate surface area is 115 Å². The molecule has 4 N–H and O–H groups in total. The molecule has 0 unspecified atom stereocenters. The molecule has 0 aliphatic heterocycles. The van der Waals surface area contributed by atoms with Crippen LogP contribution in [-0.4, -0.2) is 23.9 Å². The third kappa shape index (κ3) is 3.13. The van der Waals surface area contributed by atoms with Crippen LogP contribution in [-0.2, 0) is 0 Å². The van der Waals surface area contributed by atoms with Crippen LogP contribution < -0.4 is 15.8 Å². The lowest BCUT2D eigenvalue weighted by Crippen LogP contribution is -2.44. The Balaban J connectivity index is 2.19. The van der Waals surface area contributed by atoms with Gasteiger partial charge in [0, 0.05) is 0 Å². The number of aliphatic hydroxyl groups is 1. The van der Waals surface area contributed by atoms with Crippen LogP contribution in [0.4, 0.5) is 11.4 Å². The molecule has 0 heterocycles. The van der Waals surface area contributed by atoms with E-state index < -0.39 is 0 Å². The fourth-order valence-corrected chi connectivity index (χ4v) is 2.77. The predicted octanol–water partition coefficient (Wildman–Crippen LogP) is 2.77. The van der Waals surface area contributed by atoms with Crippen LogP contribution in [0.1, 0.15) is 39.0 Å². The second-order valence-corrected chi connectivity index (χ2v) is 5.27. The van der Waals surface area contributed by atoms with Crippen LogP contribution >= 0.6 is 0 Å². The monoisotopic (exact) mass is 264 g/mol. The van der Waals surface area contributed by atoms with Crippen molar-refractivity contribution in [2.45, 2.75) is 44.6 Å². The van der Waals surface area contributed by atoms with Gasteiger partial charge in [-0.25, -0.2) is 0 Å². The van der Waals surface area contributed by atoms with Gasteiger partial charge in [0.25, 0.3) is 0 Å². The minimum atomic E-state index is -0.225. The van der Waals surface area contributed by atoms with Gasteiger partial charge in [-0.2, -0.15) is 0 Å². The van der Waals surface area contributed by atoms with E-state index in [0.29, 0.717) is 18.0 Å². The van der Waals surface area contributed by atoms with E-state index in [9.17, 15) is 5.11 Å². The third-order valence-corrected chi connectivity index (χ3v) is 3.88. The number of nitrogen functional groups attached to an aromatic ring is 1. The largest absolute Gasteiger partial charge is 0.492 e. The van der Waals surface area contributed by atoms with Gasteiger partial charge >= 0.3 is 0 Å². The van der Waals surface area contributed by atoms with Crippen LogP contribution in [0.3, 0.4) is 0 Å². The Morgan fingerprint density at radius 1 is 1.32 bits per heavy atom. The maximum Gasteiger partial charge on any atom is 0.144 e. The van der Waals surface area contributed by atoms with Crippen molar-refractivity contribution in [3.05, 3.63) is 18.2 Å². The van der Waals surface area contributed by atoms with E-state index in [1.54, 1.807) is 0 Å². The number of hydrogen-bond acceptors (Lipinski definition) is 4. The second kappa shape index (κ2) is 6.15. The highest BCUT2D eigenvalue weighted by atomic mass is 16.5.